The van der Waals surface area contributed by atoms with E-state index in [2.05, 4.69) is 19.8 Å². The molecule has 4 aliphatic carbocycles. The molecule has 0 aromatic rings. The van der Waals surface area contributed by atoms with E-state index in [1.165, 1.54) is 44.9 Å². The first kappa shape index (κ1) is 17.9. The van der Waals surface area contributed by atoms with Crippen molar-refractivity contribution in [1.82, 2.24) is 0 Å². The monoisotopic (exact) mass is 344 g/mol. The van der Waals surface area contributed by atoms with Crippen molar-refractivity contribution in [3.8, 4) is 12.3 Å². The highest BCUT2D eigenvalue weighted by molar-refractivity contribution is 5.13. The Kier molecular flexibility index (Phi) is 4.49. The summed E-state index contributed by atoms with van der Waals surface area (Å²) in [6.45, 7) is 5.09. The third kappa shape index (κ3) is 2.53. The molecule has 0 bridgehead atoms. The molecule has 0 aromatic carbocycles. The van der Waals surface area contributed by atoms with Crippen molar-refractivity contribution >= 4 is 0 Å². The van der Waals surface area contributed by atoms with E-state index in [0.29, 0.717) is 16.7 Å². The van der Waals surface area contributed by atoms with E-state index in [-0.39, 0.29) is 12.2 Å². The van der Waals surface area contributed by atoms with Gasteiger partial charge in [-0.25, -0.2) is 0 Å². The summed E-state index contributed by atoms with van der Waals surface area (Å²) in [7, 11) is 1.78. The minimum Gasteiger partial charge on any atom is -0.393 e. The van der Waals surface area contributed by atoms with Gasteiger partial charge in [-0.05, 0) is 92.3 Å². The largest absolute Gasteiger partial charge is 0.393 e. The van der Waals surface area contributed by atoms with Crippen molar-refractivity contribution in [3.05, 3.63) is 0 Å². The molecule has 0 amide bonds. The number of methoxy groups -OCH3 is 1. The molecule has 0 aliphatic heterocycles. The first-order valence-electron chi connectivity index (χ1n) is 10.6. The van der Waals surface area contributed by atoms with E-state index in [1.54, 1.807) is 7.11 Å². The summed E-state index contributed by atoms with van der Waals surface area (Å²) in [5.41, 5.74) is 0.833. The number of aliphatic hydroxyl groups is 1. The molecule has 0 aromatic heterocycles. The van der Waals surface area contributed by atoms with Gasteiger partial charge in [0.05, 0.1) is 6.10 Å². The van der Waals surface area contributed by atoms with Crippen LogP contribution in [0.2, 0.25) is 0 Å². The smallest absolute Gasteiger partial charge is 0.120 e. The van der Waals surface area contributed by atoms with Crippen molar-refractivity contribution in [3.63, 3.8) is 0 Å². The zero-order valence-electron chi connectivity index (χ0n) is 16.3. The molecule has 0 spiro atoms. The average Bonchev–Trinajstić information content (AvgIpc) is 2.94. The average molecular weight is 345 g/mol. The molecule has 4 rings (SSSR count). The molecular weight excluding hydrogens is 308 g/mol. The van der Waals surface area contributed by atoms with Gasteiger partial charge in [-0.3, -0.25) is 0 Å². The highest BCUT2D eigenvalue weighted by atomic mass is 16.5. The molecule has 9 atom stereocenters. The van der Waals surface area contributed by atoms with Crippen LogP contribution < -0.4 is 0 Å². The highest BCUT2D eigenvalue weighted by Crippen LogP contribution is 2.67. The summed E-state index contributed by atoms with van der Waals surface area (Å²) < 4.78 is 5.69. The molecular formula is C23H36O2. The Morgan fingerprint density at radius 1 is 1.00 bits per heavy atom. The molecule has 4 fully saturated rings. The van der Waals surface area contributed by atoms with Gasteiger partial charge in [-0.1, -0.05) is 19.8 Å². The first-order chi connectivity index (χ1) is 11.9. The lowest BCUT2D eigenvalue weighted by Crippen LogP contribution is -2.54. The molecule has 1 N–H and O–H groups in total. The van der Waals surface area contributed by atoms with Gasteiger partial charge >= 0.3 is 0 Å². The standard InChI is InChI=1S/C23H36O2/c1-5-21(25-4)20-9-8-18-17-7-6-15-14-16(24)10-12-22(15,2)19(17)11-13-23(18,20)3/h1,15-21,24H,6-14H2,2-4H3/t15-,16+,17-,18-,19-,20+,21+,22-,23-/m0/s1. The molecule has 2 nitrogen and oxygen atoms in total. The predicted molar refractivity (Wildman–Crippen MR) is 101 cm³/mol. The normalized spacial score (nSPS) is 53.2. The number of ether oxygens (including phenoxy) is 1. The topological polar surface area (TPSA) is 29.5 Å². The summed E-state index contributed by atoms with van der Waals surface area (Å²) in [5.74, 6) is 6.77. The van der Waals surface area contributed by atoms with Gasteiger partial charge in [0.15, 0.2) is 0 Å². The van der Waals surface area contributed by atoms with E-state index in [4.69, 9.17) is 11.2 Å². The third-order valence-electron chi connectivity index (χ3n) is 9.50. The molecule has 2 heteroatoms. The summed E-state index contributed by atoms with van der Waals surface area (Å²) >= 11 is 0. The van der Waals surface area contributed by atoms with Gasteiger partial charge < -0.3 is 9.84 Å². The van der Waals surface area contributed by atoms with Crippen LogP contribution in [0.5, 0.6) is 0 Å². The lowest BCUT2D eigenvalue weighted by atomic mass is 9.44. The summed E-state index contributed by atoms with van der Waals surface area (Å²) in [6, 6.07) is 0. The Bertz CT molecular complexity index is 551. The van der Waals surface area contributed by atoms with E-state index in [1.807, 2.05) is 0 Å². The number of terminal acetylenes is 1. The second-order valence-electron chi connectivity index (χ2n) is 10.1. The van der Waals surface area contributed by atoms with Crippen LogP contribution in [-0.4, -0.2) is 24.4 Å². The highest BCUT2D eigenvalue weighted by Gasteiger charge is 2.60. The van der Waals surface area contributed by atoms with Crippen LogP contribution >= 0.6 is 0 Å². The van der Waals surface area contributed by atoms with Crippen LogP contribution in [0, 0.1) is 52.8 Å². The Labute approximate surface area is 154 Å². The van der Waals surface area contributed by atoms with Crippen molar-refractivity contribution < 1.29 is 9.84 Å². The second kappa shape index (κ2) is 6.28. The van der Waals surface area contributed by atoms with Crippen molar-refractivity contribution in [2.24, 2.45) is 40.4 Å². The second-order valence-corrected chi connectivity index (χ2v) is 10.1. The summed E-state index contributed by atoms with van der Waals surface area (Å²) in [4.78, 5) is 0. The SMILES string of the molecule is C#C[C@@H](OC)[C@H]1CC[C@H]2[C@@H]3CC[C@H]4C[C@H](O)CC[C@]4(C)[C@H]3CC[C@]12C. The van der Waals surface area contributed by atoms with Crippen LogP contribution in [0.4, 0.5) is 0 Å². The third-order valence-corrected chi connectivity index (χ3v) is 9.50. The number of fused-ring (bicyclic) bond motifs is 5. The molecule has 25 heavy (non-hydrogen) atoms. The van der Waals surface area contributed by atoms with Crippen LogP contribution in [0.15, 0.2) is 0 Å². The zero-order chi connectivity index (χ0) is 17.8. The molecule has 4 saturated carbocycles. The number of aliphatic hydroxyl groups excluding tert-OH is 1. The fraction of sp³-hybridized carbons (Fsp3) is 0.913. The molecule has 0 unspecified atom stereocenters. The fourth-order valence-corrected chi connectivity index (χ4v) is 8.12. The predicted octanol–water partition coefficient (Wildman–Crippen LogP) is 4.65. The molecule has 4 aliphatic rings. The van der Waals surface area contributed by atoms with Crippen molar-refractivity contribution in [2.45, 2.75) is 83.8 Å². The van der Waals surface area contributed by atoms with E-state index >= 15 is 0 Å². The van der Waals surface area contributed by atoms with Crippen LogP contribution in [0.25, 0.3) is 0 Å². The van der Waals surface area contributed by atoms with Crippen LogP contribution in [0.3, 0.4) is 0 Å². The maximum absolute atomic E-state index is 10.2. The summed E-state index contributed by atoms with van der Waals surface area (Å²) in [6.07, 6.45) is 17.0. The Balaban J connectivity index is 1.59. The zero-order valence-corrected chi connectivity index (χ0v) is 16.3. The quantitative estimate of drug-likeness (QED) is 0.739. The Hall–Kier alpha value is -0.520. The van der Waals surface area contributed by atoms with Crippen molar-refractivity contribution in [1.29, 1.82) is 0 Å². The van der Waals surface area contributed by atoms with Gasteiger partial charge in [0.1, 0.15) is 6.10 Å². The number of hydrogen-bond donors (Lipinski definition) is 1. The maximum atomic E-state index is 10.2. The number of rotatable bonds is 2. The lowest BCUT2D eigenvalue weighted by molar-refractivity contribution is -0.131. The van der Waals surface area contributed by atoms with Gasteiger partial charge in [-0.2, -0.15) is 0 Å². The van der Waals surface area contributed by atoms with Crippen LogP contribution in [-0.2, 0) is 4.74 Å². The van der Waals surface area contributed by atoms with Gasteiger partial charge in [0, 0.05) is 13.0 Å². The van der Waals surface area contributed by atoms with E-state index in [9.17, 15) is 5.11 Å². The first-order valence-corrected chi connectivity index (χ1v) is 10.6. The Morgan fingerprint density at radius 2 is 1.72 bits per heavy atom. The maximum Gasteiger partial charge on any atom is 0.120 e. The molecule has 0 saturated heterocycles. The van der Waals surface area contributed by atoms with E-state index < -0.39 is 0 Å². The fourth-order valence-electron chi connectivity index (χ4n) is 8.12. The van der Waals surface area contributed by atoms with Gasteiger partial charge in [0.25, 0.3) is 0 Å². The van der Waals surface area contributed by atoms with Crippen LogP contribution in [0.1, 0.15) is 71.6 Å². The Morgan fingerprint density at radius 3 is 2.44 bits per heavy atom. The number of hydrogen-bond acceptors (Lipinski definition) is 2. The van der Waals surface area contributed by atoms with Gasteiger partial charge in [-0.15, -0.1) is 6.42 Å². The molecule has 0 heterocycles. The minimum absolute atomic E-state index is 0.0108. The van der Waals surface area contributed by atoms with Crippen molar-refractivity contribution in [2.75, 3.05) is 7.11 Å². The lowest BCUT2D eigenvalue weighted by Gasteiger charge is -2.61. The van der Waals surface area contributed by atoms with Gasteiger partial charge in [0.2, 0.25) is 0 Å². The molecule has 0 radical (unpaired) electrons. The van der Waals surface area contributed by atoms with E-state index in [0.717, 1.165) is 36.5 Å². The molecule has 140 valence electrons. The summed E-state index contributed by atoms with van der Waals surface area (Å²) in [5, 5.41) is 10.2. The minimum atomic E-state index is -0.0440.